The minimum Gasteiger partial charge on any atom is -0.594 e. The van der Waals surface area contributed by atoms with Crippen LogP contribution in [0.5, 0.6) is 0 Å². The van der Waals surface area contributed by atoms with E-state index in [0.29, 0.717) is 10.5 Å². The van der Waals surface area contributed by atoms with Crippen molar-refractivity contribution < 1.29 is 4.85 Å². The predicted octanol–water partition coefficient (Wildman–Crippen LogP) is 0.777. The number of benzene rings is 1. The fraction of sp³-hybridized carbons (Fsp3) is 0. The summed E-state index contributed by atoms with van der Waals surface area (Å²) in [6.07, 6.45) is 2.72. The van der Waals surface area contributed by atoms with Gasteiger partial charge in [0.15, 0.2) is 6.33 Å². The Morgan fingerprint density at radius 3 is 2.62 bits per heavy atom. The molecule has 0 saturated carbocycles. The maximum Gasteiger partial charge on any atom is 0.270 e. The van der Waals surface area contributed by atoms with Crippen LogP contribution >= 0.6 is 0 Å². The molecule has 4 nitrogen and oxygen atoms in total. The fourth-order valence-electron chi connectivity index (χ4n) is 1.09. The van der Waals surface area contributed by atoms with E-state index in [2.05, 4.69) is 10.1 Å². The van der Waals surface area contributed by atoms with Gasteiger partial charge < -0.3 is 5.21 Å². The van der Waals surface area contributed by atoms with Crippen LogP contribution in [0.25, 0.3) is 11.3 Å². The fourth-order valence-corrected chi connectivity index (χ4v) is 1.09. The lowest BCUT2D eigenvalue weighted by Gasteiger charge is -1.98. The van der Waals surface area contributed by atoms with Gasteiger partial charge in [-0.05, 0) is 17.0 Å². The molecule has 0 saturated heterocycles. The Morgan fingerprint density at radius 2 is 1.92 bits per heavy atom. The van der Waals surface area contributed by atoms with Gasteiger partial charge >= 0.3 is 0 Å². The Labute approximate surface area is 75.1 Å². The Bertz CT molecular complexity index is 403. The molecule has 0 unspecified atom stereocenters. The highest BCUT2D eigenvalue weighted by Crippen LogP contribution is 2.11. The van der Waals surface area contributed by atoms with E-state index in [1.165, 1.54) is 12.5 Å². The molecule has 64 valence electrons. The van der Waals surface area contributed by atoms with Crippen LogP contribution in [-0.4, -0.2) is 10.1 Å². The molecule has 4 heteroatoms. The molecule has 2 aromatic rings. The van der Waals surface area contributed by atoms with Crippen molar-refractivity contribution in [2.75, 3.05) is 0 Å². The molecule has 0 aliphatic rings. The first kappa shape index (κ1) is 7.67. The van der Waals surface area contributed by atoms with Gasteiger partial charge in [-0.1, -0.05) is 18.2 Å². The second kappa shape index (κ2) is 3.18. The summed E-state index contributed by atoms with van der Waals surface area (Å²) in [6.45, 7) is 0. The van der Waals surface area contributed by atoms with Crippen LogP contribution in [0.4, 0.5) is 0 Å². The third-order valence-electron chi connectivity index (χ3n) is 1.70. The molecular weight excluding hydrogens is 166 g/mol. The van der Waals surface area contributed by atoms with E-state index >= 15 is 0 Å². The molecule has 0 radical (unpaired) electrons. The van der Waals surface area contributed by atoms with E-state index in [9.17, 15) is 5.21 Å². The molecule has 0 bridgehead atoms. The topological polar surface area (TPSA) is 52.7 Å². The van der Waals surface area contributed by atoms with Gasteiger partial charge in [0.2, 0.25) is 0 Å². The van der Waals surface area contributed by atoms with Crippen molar-refractivity contribution in [1.82, 2.24) is 10.1 Å². The maximum absolute atomic E-state index is 11.2. The normalized spacial score (nSPS) is 9.85. The third kappa shape index (κ3) is 1.46. The van der Waals surface area contributed by atoms with Crippen molar-refractivity contribution in [1.29, 1.82) is 0 Å². The summed E-state index contributed by atoms with van der Waals surface area (Å²) in [4.78, 5) is 4.35. The van der Waals surface area contributed by atoms with E-state index in [1.54, 1.807) is 0 Å². The van der Waals surface area contributed by atoms with Gasteiger partial charge in [-0.3, -0.25) is 0 Å². The quantitative estimate of drug-likeness (QED) is 0.473. The molecule has 1 aromatic heterocycles. The summed E-state index contributed by atoms with van der Waals surface area (Å²) < 4.78 is 0. The monoisotopic (exact) mass is 173 g/mol. The first-order chi connectivity index (χ1) is 6.38. The lowest BCUT2D eigenvalue weighted by molar-refractivity contribution is -0.658. The van der Waals surface area contributed by atoms with E-state index in [-0.39, 0.29) is 0 Å². The van der Waals surface area contributed by atoms with Gasteiger partial charge in [-0.15, -0.1) is 0 Å². The van der Waals surface area contributed by atoms with Crippen molar-refractivity contribution in [3.05, 3.63) is 48.1 Å². The average Bonchev–Trinajstić information content (AvgIpc) is 2.20. The summed E-state index contributed by atoms with van der Waals surface area (Å²) in [5.41, 5.74) is 1.28. The molecule has 0 N–H and O–H groups in total. The van der Waals surface area contributed by atoms with Crippen LogP contribution in [0.3, 0.4) is 0 Å². The van der Waals surface area contributed by atoms with Crippen LogP contribution in [0.15, 0.2) is 42.9 Å². The molecule has 0 amide bonds. The molecule has 1 aromatic carbocycles. The molecule has 0 atom stereocenters. The van der Waals surface area contributed by atoms with Gasteiger partial charge in [-0.25, -0.2) is 4.98 Å². The van der Waals surface area contributed by atoms with Crippen LogP contribution in [0.1, 0.15) is 0 Å². The molecule has 0 aliphatic carbocycles. The summed E-state index contributed by atoms with van der Waals surface area (Å²) in [5, 5.41) is 14.7. The minimum atomic E-state index is 0.461. The molecular formula is C9H7N3O. The first-order valence-corrected chi connectivity index (χ1v) is 3.83. The van der Waals surface area contributed by atoms with Crippen LogP contribution in [0, 0.1) is 5.21 Å². The lowest BCUT2D eigenvalue weighted by Crippen LogP contribution is -2.33. The lowest BCUT2D eigenvalue weighted by atomic mass is 10.2. The van der Waals surface area contributed by atoms with Crippen molar-refractivity contribution in [3.63, 3.8) is 0 Å². The van der Waals surface area contributed by atoms with Crippen LogP contribution < -0.4 is 4.85 Å². The van der Waals surface area contributed by atoms with Gasteiger partial charge in [0.05, 0.1) is 5.56 Å². The number of hydrogen-bond acceptors (Lipinski definition) is 3. The number of aromatic nitrogens is 3. The number of hydrogen-bond donors (Lipinski definition) is 0. The standard InChI is InChI=1S/C9H7N3O/c13-12-9(6-10-7-11-12)8-4-2-1-3-5-8/h1-7H. The van der Waals surface area contributed by atoms with E-state index < -0.39 is 0 Å². The third-order valence-corrected chi connectivity index (χ3v) is 1.70. The van der Waals surface area contributed by atoms with Crippen molar-refractivity contribution in [2.24, 2.45) is 0 Å². The van der Waals surface area contributed by atoms with Crippen molar-refractivity contribution >= 4 is 0 Å². The first-order valence-electron chi connectivity index (χ1n) is 3.83. The molecule has 13 heavy (non-hydrogen) atoms. The highest BCUT2D eigenvalue weighted by atomic mass is 16.5. The van der Waals surface area contributed by atoms with E-state index in [1.807, 2.05) is 30.3 Å². The van der Waals surface area contributed by atoms with Crippen LogP contribution in [-0.2, 0) is 0 Å². The zero-order chi connectivity index (χ0) is 9.10. The van der Waals surface area contributed by atoms with E-state index in [4.69, 9.17) is 0 Å². The Kier molecular flexibility index (Phi) is 1.88. The SMILES string of the molecule is [O-][n+]1ncncc1-c1ccccc1. The summed E-state index contributed by atoms with van der Waals surface area (Å²) >= 11 is 0. The second-order valence-electron chi connectivity index (χ2n) is 2.53. The van der Waals surface area contributed by atoms with Crippen LogP contribution in [0.2, 0.25) is 0 Å². The largest absolute Gasteiger partial charge is 0.594 e. The number of rotatable bonds is 1. The highest BCUT2D eigenvalue weighted by molar-refractivity contribution is 5.54. The molecule has 0 fully saturated rings. The molecule has 1 heterocycles. The van der Waals surface area contributed by atoms with Crippen molar-refractivity contribution in [2.45, 2.75) is 0 Å². The molecule has 0 aliphatic heterocycles. The van der Waals surface area contributed by atoms with Gasteiger partial charge in [-0.2, -0.15) is 0 Å². The Hall–Kier alpha value is -1.97. The minimum absolute atomic E-state index is 0.461. The zero-order valence-electron chi connectivity index (χ0n) is 6.79. The number of nitrogens with zero attached hydrogens (tertiary/aromatic N) is 3. The highest BCUT2D eigenvalue weighted by Gasteiger charge is 2.07. The zero-order valence-corrected chi connectivity index (χ0v) is 6.79. The predicted molar refractivity (Wildman–Crippen MR) is 46.4 cm³/mol. The molecule has 2 rings (SSSR count). The second-order valence-corrected chi connectivity index (χ2v) is 2.53. The molecule has 0 spiro atoms. The Balaban J connectivity index is 2.54. The van der Waals surface area contributed by atoms with Gasteiger partial charge in [0, 0.05) is 5.10 Å². The summed E-state index contributed by atoms with van der Waals surface area (Å²) in [6, 6.07) is 9.30. The van der Waals surface area contributed by atoms with E-state index in [0.717, 1.165) is 5.56 Å². The smallest absolute Gasteiger partial charge is 0.270 e. The van der Waals surface area contributed by atoms with Gasteiger partial charge in [0.1, 0.15) is 6.20 Å². The summed E-state index contributed by atoms with van der Waals surface area (Å²) in [7, 11) is 0. The Morgan fingerprint density at radius 1 is 1.15 bits per heavy atom. The van der Waals surface area contributed by atoms with Crippen molar-refractivity contribution in [3.8, 4) is 11.3 Å². The summed E-state index contributed by atoms with van der Waals surface area (Å²) in [5.74, 6) is 0. The average molecular weight is 173 g/mol. The maximum atomic E-state index is 11.2. The van der Waals surface area contributed by atoms with Gasteiger partial charge in [0.25, 0.3) is 5.69 Å².